The van der Waals surface area contributed by atoms with E-state index in [0.717, 1.165) is 71.1 Å². The maximum atomic E-state index is 6.30. The molecule has 268 valence electrons. The summed E-state index contributed by atoms with van der Waals surface area (Å²) >= 11 is 5.44. The zero-order chi connectivity index (χ0) is 35.7. The van der Waals surface area contributed by atoms with Crippen LogP contribution in [0, 0.1) is 25.7 Å². The first-order valence-electron chi connectivity index (χ1n) is 18.8. The van der Waals surface area contributed by atoms with Crippen molar-refractivity contribution in [3.63, 3.8) is 0 Å². The van der Waals surface area contributed by atoms with Crippen molar-refractivity contribution < 1.29 is 9.47 Å². The molecule has 4 nitrogen and oxygen atoms in total. The third-order valence-corrected chi connectivity index (χ3v) is 13.3. The van der Waals surface area contributed by atoms with E-state index in [2.05, 4.69) is 114 Å². The fraction of sp³-hybridized carbons (Fsp3) is 0.409. The fourth-order valence-corrected chi connectivity index (χ4v) is 9.58. The summed E-state index contributed by atoms with van der Waals surface area (Å²) in [6.07, 6.45) is 9.65. The average Bonchev–Trinajstić information content (AvgIpc) is 3.89. The zero-order valence-corrected chi connectivity index (χ0v) is 33.5. The van der Waals surface area contributed by atoms with Crippen LogP contribution in [0.25, 0.3) is 53.1 Å². The number of benzene rings is 2. The van der Waals surface area contributed by atoms with Crippen LogP contribution >= 0.6 is 34.0 Å². The van der Waals surface area contributed by atoms with E-state index in [1.165, 1.54) is 67.8 Å². The molecule has 0 fully saturated rings. The first-order chi connectivity index (χ1) is 24.9. The maximum absolute atomic E-state index is 6.30. The third kappa shape index (κ3) is 9.11. The Morgan fingerprint density at radius 3 is 1.27 bits per heavy atom. The number of aromatic nitrogens is 2. The molecular formula is C44H52N2O2S3. The lowest BCUT2D eigenvalue weighted by molar-refractivity contribution is 0.233. The largest absolute Gasteiger partial charge is 0.493 e. The molecule has 6 rings (SSSR count). The van der Waals surface area contributed by atoms with Crippen LogP contribution in [0.1, 0.15) is 88.8 Å². The van der Waals surface area contributed by atoms with Crippen LogP contribution in [-0.4, -0.2) is 23.2 Å². The summed E-state index contributed by atoms with van der Waals surface area (Å²) in [7, 11) is 0. The molecular weight excluding hydrogens is 685 g/mol. The van der Waals surface area contributed by atoms with Gasteiger partial charge in [-0.05, 0) is 111 Å². The number of hydrogen-bond donors (Lipinski definition) is 0. The molecule has 0 bridgehead atoms. The van der Waals surface area contributed by atoms with Crippen molar-refractivity contribution in [1.82, 2.24) is 9.97 Å². The summed E-state index contributed by atoms with van der Waals surface area (Å²) in [5.41, 5.74) is 5.73. The normalized spacial score (nSPS) is 12.7. The van der Waals surface area contributed by atoms with Crippen LogP contribution in [0.5, 0.6) is 11.5 Å². The predicted octanol–water partition coefficient (Wildman–Crippen LogP) is 14.3. The van der Waals surface area contributed by atoms with Gasteiger partial charge in [0.25, 0.3) is 0 Å². The van der Waals surface area contributed by atoms with Crippen molar-refractivity contribution in [3.8, 4) is 53.5 Å². The van der Waals surface area contributed by atoms with Gasteiger partial charge in [-0.15, -0.1) is 34.0 Å². The number of rotatable bonds is 18. The highest BCUT2D eigenvalue weighted by atomic mass is 32.1. The predicted molar refractivity (Wildman–Crippen MR) is 222 cm³/mol. The summed E-state index contributed by atoms with van der Waals surface area (Å²) in [4.78, 5) is 18.4. The van der Waals surface area contributed by atoms with Crippen molar-refractivity contribution in [1.29, 1.82) is 0 Å². The number of fused-ring (bicyclic) bond motifs is 1. The molecule has 2 atom stereocenters. The lowest BCUT2D eigenvalue weighted by Crippen LogP contribution is -2.11. The fourth-order valence-electron chi connectivity index (χ4n) is 6.44. The summed E-state index contributed by atoms with van der Waals surface area (Å²) in [6, 6.07) is 25.8. The number of unbranched alkanes of at least 4 members (excludes halogenated alkanes) is 2. The van der Waals surface area contributed by atoms with Gasteiger partial charge in [0.15, 0.2) is 0 Å². The topological polar surface area (TPSA) is 44.2 Å². The van der Waals surface area contributed by atoms with Crippen molar-refractivity contribution in [2.45, 2.75) is 92.9 Å². The Kier molecular flexibility index (Phi) is 13.0. The van der Waals surface area contributed by atoms with Crippen molar-refractivity contribution >= 4 is 45.0 Å². The highest BCUT2D eigenvalue weighted by molar-refractivity contribution is 7.27. The Labute approximate surface area is 316 Å². The number of aryl methyl sites for hydroxylation is 2. The van der Waals surface area contributed by atoms with Crippen molar-refractivity contribution in [2.75, 3.05) is 13.2 Å². The van der Waals surface area contributed by atoms with Crippen molar-refractivity contribution in [3.05, 3.63) is 82.6 Å². The molecule has 0 aliphatic rings. The second-order valence-electron chi connectivity index (χ2n) is 13.7. The van der Waals surface area contributed by atoms with Crippen LogP contribution < -0.4 is 9.47 Å². The molecule has 0 saturated heterocycles. The van der Waals surface area contributed by atoms with Crippen LogP contribution in [0.2, 0.25) is 0 Å². The zero-order valence-electron chi connectivity index (χ0n) is 31.1. The molecule has 7 heteroatoms. The number of nitrogens with zero attached hydrogens (tertiary/aromatic N) is 2. The summed E-state index contributed by atoms with van der Waals surface area (Å²) in [5.74, 6) is 2.96. The van der Waals surface area contributed by atoms with Crippen molar-refractivity contribution in [2.24, 2.45) is 11.8 Å². The van der Waals surface area contributed by atoms with E-state index < -0.39 is 0 Å². The molecule has 0 N–H and O–H groups in total. The SMILES string of the molecule is CCCCC(CC)COc1ccc(-c2nc3c(-c4ccc(C)s4)sc(-c4ccc(C)s4)c3nc2-c2ccc(OCC(CC)CCCC)cc2)cc1. The smallest absolute Gasteiger partial charge is 0.119 e. The molecule has 0 saturated carbocycles. The number of ether oxygens (including phenoxy) is 2. The van der Waals surface area contributed by atoms with Gasteiger partial charge in [0.1, 0.15) is 22.5 Å². The Hall–Kier alpha value is -3.52. The van der Waals surface area contributed by atoms with Gasteiger partial charge in [0.2, 0.25) is 0 Å². The molecule has 4 heterocycles. The summed E-state index contributed by atoms with van der Waals surface area (Å²) < 4.78 is 12.6. The molecule has 4 aromatic heterocycles. The lowest BCUT2D eigenvalue weighted by Gasteiger charge is -2.16. The van der Waals surface area contributed by atoms with Gasteiger partial charge in [0, 0.05) is 30.6 Å². The third-order valence-electron chi connectivity index (χ3n) is 9.77. The molecule has 0 aliphatic heterocycles. The quantitative estimate of drug-likeness (QED) is 0.0881. The minimum Gasteiger partial charge on any atom is -0.493 e. The minimum absolute atomic E-state index is 0.583. The summed E-state index contributed by atoms with van der Waals surface area (Å²) in [6.45, 7) is 14.9. The van der Waals surface area contributed by atoms with E-state index in [4.69, 9.17) is 19.4 Å². The lowest BCUT2D eigenvalue weighted by atomic mass is 10.0. The Balaban J connectivity index is 1.41. The molecule has 6 aromatic rings. The Bertz CT molecular complexity index is 1850. The molecule has 0 spiro atoms. The van der Waals surface area contributed by atoms with Crippen LogP contribution in [-0.2, 0) is 0 Å². The van der Waals surface area contributed by atoms with Crippen LogP contribution in [0.4, 0.5) is 0 Å². The van der Waals surface area contributed by atoms with E-state index in [-0.39, 0.29) is 0 Å². The molecule has 0 radical (unpaired) electrons. The minimum atomic E-state index is 0.583. The van der Waals surface area contributed by atoms with Gasteiger partial charge in [-0.2, -0.15) is 0 Å². The van der Waals surface area contributed by atoms with E-state index in [0.29, 0.717) is 11.8 Å². The van der Waals surface area contributed by atoms with Gasteiger partial charge in [-0.25, -0.2) is 9.97 Å². The van der Waals surface area contributed by atoms with Gasteiger partial charge in [-0.1, -0.05) is 66.2 Å². The molecule has 51 heavy (non-hydrogen) atoms. The number of hydrogen-bond acceptors (Lipinski definition) is 7. The monoisotopic (exact) mass is 736 g/mol. The first kappa shape index (κ1) is 37.2. The van der Waals surface area contributed by atoms with E-state index in [1.54, 1.807) is 0 Å². The Morgan fingerprint density at radius 1 is 0.529 bits per heavy atom. The maximum Gasteiger partial charge on any atom is 0.119 e. The van der Waals surface area contributed by atoms with Gasteiger partial charge in [0.05, 0.1) is 34.4 Å². The Morgan fingerprint density at radius 2 is 0.941 bits per heavy atom. The molecule has 2 aromatic carbocycles. The summed E-state index contributed by atoms with van der Waals surface area (Å²) in [5, 5.41) is 0. The first-order valence-corrected chi connectivity index (χ1v) is 21.3. The van der Waals surface area contributed by atoms with E-state index >= 15 is 0 Å². The van der Waals surface area contributed by atoms with Gasteiger partial charge >= 0.3 is 0 Å². The number of thiophene rings is 3. The molecule has 0 amide bonds. The molecule has 0 aliphatic carbocycles. The van der Waals surface area contributed by atoms with Gasteiger partial charge < -0.3 is 9.47 Å². The second-order valence-corrected chi connectivity index (χ2v) is 17.3. The van der Waals surface area contributed by atoms with Crippen LogP contribution in [0.3, 0.4) is 0 Å². The standard InChI is InChI=1S/C44H52N2O2S3/c1-7-11-13-31(9-3)27-47-35-21-17-33(18-22-35)39-40(34-19-23-36(24-20-34)48-28-32(10-4)14-12-8-2)46-42-41(45-39)43(37-25-15-29(5)49-37)51-44(42)38-26-16-30(6)50-38/h15-26,31-32H,7-14,27-28H2,1-6H3. The van der Waals surface area contributed by atoms with E-state index in [1.807, 2.05) is 34.0 Å². The van der Waals surface area contributed by atoms with Crippen LogP contribution in [0.15, 0.2) is 72.8 Å². The van der Waals surface area contributed by atoms with E-state index in [9.17, 15) is 0 Å². The molecule has 2 unspecified atom stereocenters. The second kappa shape index (κ2) is 17.8. The average molecular weight is 737 g/mol. The van der Waals surface area contributed by atoms with Gasteiger partial charge in [-0.3, -0.25) is 0 Å². The highest BCUT2D eigenvalue weighted by Crippen LogP contribution is 2.48. The highest BCUT2D eigenvalue weighted by Gasteiger charge is 2.23.